The number of carbonyl (C=O) groups is 2. The van der Waals surface area contributed by atoms with Gasteiger partial charge in [0.2, 0.25) is 5.91 Å². The summed E-state index contributed by atoms with van der Waals surface area (Å²) >= 11 is 0. The quantitative estimate of drug-likeness (QED) is 0.201. The first-order chi connectivity index (χ1) is 16.8. The largest absolute Gasteiger partial charge is 0.444 e. The maximum Gasteiger partial charge on any atom is 0.408 e. The molecular formula is C26H44N6O3. The Morgan fingerprint density at radius 1 is 0.971 bits per heavy atom. The van der Waals surface area contributed by atoms with E-state index in [2.05, 4.69) is 26.3 Å². The minimum atomic E-state index is -0.733. The molecule has 1 heterocycles. The van der Waals surface area contributed by atoms with Crippen LogP contribution in [0.25, 0.3) is 10.9 Å². The van der Waals surface area contributed by atoms with Crippen LogP contribution in [0.1, 0.15) is 52.0 Å². The van der Waals surface area contributed by atoms with Crippen molar-refractivity contribution in [2.75, 3.05) is 39.3 Å². The van der Waals surface area contributed by atoms with Crippen LogP contribution in [0, 0.1) is 0 Å². The number of fused-ring (bicyclic) bond motifs is 1. The Bertz CT molecular complexity index is 893. The predicted molar refractivity (Wildman–Crippen MR) is 141 cm³/mol. The zero-order valence-corrected chi connectivity index (χ0v) is 21.5. The van der Waals surface area contributed by atoms with E-state index >= 15 is 0 Å². The first-order valence-electron chi connectivity index (χ1n) is 12.7. The Balaban J connectivity index is 1.77. The fraction of sp³-hybridized carbons (Fsp3) is 0.615. The summed E-state index contributed by atoms with van der Waals surface area (Å²) in [6.07, 6.45) is 5.71. The highest BCUT2D eigenvalue weighted by atomic mass is 16.6. The smallest absolute Gasteiger partial charge is 0.408 e. The van der Waals surface area contributed by atoms with Crippen LogP contribution >= 0.6 is 0 Å². The summed E-state index contributed by atoms with van der Waals surface area (Å²) in [5, 5.41) is 13.5. The molecule has 0 unspecified atom stereocenters. The molecule has 2 rings (SSSR count). The van der Waals surface area contributed by atoms with Crippen LogP contribution in [0.15, 0.2) is 30.5 Å². The third-order valence-electron chi connectivity index (χ3n) is 5.45. The van der Waals surface area contributed by atoms with Crippen molar-refractivity contribution in [3.63, 3.8) is 0 Å². The van der Waals surface area contributed by atoms with Crippen LogP contribution in [-0.2, 0) is 16.0 Å². The molecule has 0 aliphatic heterocycles. The molecular weight excluding hydrogens is 444 g/mol. The number of carbonyl (C=O) groups excluding carboxylic acids is 2. The highest BCUT2D eigenvalue weighted by Crippen LogP contribution is 2.19. The lowest BCUT2D eigenvalue weighted by Crippen LogP contribution is -2.49. The highest BCUT2D eigenvalue weighted by molar-refractivity contribution is 5.88. The lowest BCUT2D eigenvalue weighted by Gasteiger charge is -2.23. The van der Waals surface area contributed by atoms with Crippen molar-refractivity contribution >= 4 is 22.9 Å². The summed E-state index contributed by atoms with van der Waals surface area (Å²) in [5.74, 6) is -0.218. The van der Waals surface area contributed by atoms with E-state index in [1.54, 1.807) is 20.8 Å². The lowest BCUT2D eigenvalue weighted by atomic mass is 10.0. The number of unbranched alkanes of at least 4 members (excludes halogenated alkanes) is 1. The number of para-hydroxylation sites is 1. The van der Waals surface area contributed by atoms with E-state index in [1.807, 2.05) is 30.5 Å². The fourth-order valence-corrected chi connectivity index (χ4v) is 3.70. The van der Waals surface area contributed by atoms with E-state index in [0.29, 0.717) is 13.0 Å². The number of nitrogens with two attached hydrogens (primary N) is 1. The Morgan fingerprint density at radius 3 is 2.31 bits per heavy atom. The molecule has 0 bridgehead atoms. The number of benzene rings is 1. The first-order valence-corrected chi connectivity index (χ1v) is 12.7. The number of aromatic amines is 1. The molecule has 0 saturated heterocycles. The van der Waals surface area contributed by atoms with Gasteiger partial charge in [-0.25, -0.2) is 4.79 Å². The van der Waals surface area contributed by atoms with Crippen LogP contribution in [0.4, 0.5) is 4.79 Å². The van der Waals surface area contributed by atoms with Crippen LogP contribution in [0.2, 0.25) is 0 Å². The molecule has 2 amide bonds. The Kier molecular flexibility index (Phi) is 12.6. The first kappa shape index (κ1) is 28.6. The Hall–Kier alpha value is -2.62. The Morgan fingerprint density at radius 2 is 1.63 bits per heavy atom. The van der Waals surface area contributed by atoms with E-state index in [0.717, 1.165) is 74.9 Å². The van der Waals surface area contributed by atoms with Crippen molar-refractivity contribution in [3.8, 4) is 0 Å². The molecule has 9 nitrogen and oxygen atoms in total. The average Bonchev–Trinajstić information content (AvgIpc) is 3.21. The molecule has 1 aromatic heterocycles. The molecule has 0 radical (unpaired) electrons. The lowest BCUT2D eigenvalue weighted by molar-refractivity contribution is -0.123. The maximum atomic E-state index is 13.0. The van der Waals surface area contributed by atoms with E-state index in [4.69, 9.17) is 10.5 Å². The van der Waals surface area contributed by atoms with Crippen LogP contribution in [0.3, 0.4) is 0 Å². The van der Waals surface area contributed by atoms with E-state index in [9.17, 15) is 9.59 Å². The molecule has 0 saturated carbocycles. The third kappa shape index (κ3) is 11.6. The summed E-state index contributed by atoms with van der Waals surface area (Å²) in [5.41, 5.74) is 6.80. The molecule has 1 aromatic carbocycles. The van der Waals surface area contributed by atoms with Gasteiger partial charge in [-0.1, -0.05) is 18.2 Å². The van der Waals surface area contributed by atoms with Crippen molar-refractivity contribution in [1.29, 1.82) is 0 Å². The van der Waals surface area contributed by atoms with Crippen LogP contribution in [0.5, 0.6) is 0 Å². The second-order valence-corrected chi connectivity index (χ2v) is 9.76. The number of alkyl carbamates (subject to hydrolysis) is 1. The molecule has 0 aliphatic carbocycles. The number of ether oxygens (including phenoxy) is 1. The van der Waals surface area contributed by atoms with Crippen LogP contribution in [-0.4, -0.2) is 67.9 Å². The number of H-pyrrole nitrogens is 1. The van der Waals surface area contributed by atoms with E-state index in [-0.39, 0.29) is 5.91 Å². The van der Waals surface area contributed by atoms with Gasteiger partial charge in [-0.15, -0.1) is 0 Å². The molecule has 196 valence electrons. The van der Waals surface area contributed by atoms with Crippen molar-refractivity contribution in [2.45, 2.75) is 64.5 Å². The van der Waals surface area contributed by atoms with Gasteiger partial charge >= 0.3 is 6.09 Å². The number of aromatic nitrogens is 1. The Labute approximate surface area is 209 Å². The predicted octanol–water partition coefficient (Wildman–Crippen LogP) is 2.42. The minimum absolute atomic E-state index is 0.218. The van der Waals surface area contributed by atoms with Gasteiger partial charge in [0.05, 0.1) is 0 Å². The minimum Gasteiger partial charge on any atom is -0.444 e. The topological polar surface area (TPSA) is 133 Å². The normalized spacial score (nSPS) is 12.5. The van der Waals surface area contributed by atoms with Gasteiger partial charge in [0, 0.05) is 30.1 Å². The van der Waals surface area contributed by atoms with Gasteiger partial charge < -0.3 is 36.7 Å². The molecule has 9 heteroatoms. The molecule has 0 spiro atoms. The van der Waals surface area contributed by atoms with Crippen LogP contribution < -0.4 is 27.0 Å². The number of nitrogens with one attached hydrogen (secondary N) is 5. The van der Waals surface area contributed by atoms with Crippen molar-refractivity contribution in [2.24, 2.45) is 5.73 Å². The van der Waals surface area contributed by atoms with Gasteiger partial charge in [-0.3, -0.25) is 4.79 Å². The zero-order valence-electron chi connectivity index (χ0n) is 21.5. The second-order valence-electron chi connectivity index (χ2n) is 9.76. The number of amides is 2. The summed E-state index contributed by atoms with van der Waals surface area (Å²) in [7, 11) is 0. The monoisotopic (exact) mass is 488 g/mol. The fourth-order valence-electron chi connectivity index (χ4n) is 3.70. The SMILES string of the molecule is CC(C)(C)OC(=O)N[C@H](Cc1c[nH]c2ccccc12)C(=O)NCCCNCCCCNCCCN. The van der Waals surface area contributed by atoms with Crippen molar-refractivity contribution in [3.05, 3.63) is 36.0 Å². The molecule has 0 aliphatic rings. The van der Waals surface area contributed by atoms with Gasteiger partial charge in [0.1, 0.15) is 11.6 Å². The molecule has 2 aromatic rings. The zero-order chi connectivity index (χ0) is 25.5. The highest BCUT2D eigenvalue weighted by Gasteiger charge is 2.25. The molecule has 0 fully saturated rings. The average molecular weight is 489 g/mol. The van der Waals surface area contributed by atoms with Crippen molar-refractivity contribution < 1.29 is 14.3 Å². The molecule has 7 N–H and O–H groups in total. The summed E-state index contributed by atoms with van der Waals surface area (Å²) < 4.78 is 5.38. The number of hydrogen-bond donors (Lipinski definition) is 6. The van der Waals surface area contributed by atoms with Gasteiger partial charge in [0.15, 0.2) is 0 Å². The molecule has 35 heavy (non-hydrogen) atoms. The van der Waals surface area contributed by atoms with E-state index in [1.165, 1.54) is 0 Å². The summed E-state index contributed by atoms with van der Waals surface area (Å²) in [6, 6.07) is 7.18. The number of rotatable bonds is 16. The summed E-state index contributed by atoms with van der Waals surface area (Å²) in [4.78, 5) is 28.6. The van der Waals surface area contributed by atoms with Gasteiger partial charge in [-0.05, 0) is 90.8 Å². The third-order valence-corrected chi connectivity index (χ3v) is 5.45. The maximum absolute atomic E-state index is 13.0. The van der Waals surface area contributed by atoms with Gasteiger partial charge in [0.25, 0.3) is 0 Å². The van der Waals surface area contributed by atoms with E-state index < -0.39 is 17.7 Å². The number of hydrogen-bond acceptors (Lipinski definition) is 6. The van der Waals surface area contributed by atoms with Crippen molar-refractivity contribution in [1.82, 2.24) is 26.3 Å². The summed E-state index contributed by atoms with van der Waals surface area (Å²) in [6.45, 7) is 10.4. The molecule has 1 atom stereocenters. The standard InChI is InChI=1S/C26H44N6O3/c1-26(2,3)35-25(34)32-23(18-20-19-31-22-11-5-4-10-21(20)22)24(33)30-17-9-16-29-14-7-6-13-28-15-8-12-27/h4-5,10-11,19,23,28-29,31H,6-9,12-18,27H2,1-3H3,(H,30,33)(H,32,34)/t23-/m1/s1. The second kappa shape index (κ2) is 15.4. The van der Waals surface area contributed by atoms with Gasteiger partial charge in [-0.2, -0.15) is 0 Å².